The summed E-state index contributed by atoms with van der Waals surface area (Å²) in [5.74, 6) is -0.775. The van der Waals surface area contributed by atoms with Crippen molar-refractivity contribution >= 4 is 5.97 Å². The monoisotopic (exact) mass is 185 g/mol. The molecule has 0 bridgehead atoms. The summed E-state index contributed by atoms with van der Waals surface area (Å²) >= 11 is 0. The van der Waals surface area contributed by atoms with Crippen LogP contribution in [0.5, 0.6) is 0 Å². The molecule has 1 aliphatic carbocycles. The van der Waals surface area contributed by atoms with E-state index < -0.39 is 5.97 Å². The molecule has 13 heavy (non-hydrogen) atoms. The van der Waals surface area contributed by atoms with Crippen LogP contribution in [0.25, 0.3) is 0 Å². The highest BCUT2D eigenvalue weighted by Crippen LogP contribution is 2.25. The second-order valence-electron chi connectivity index (χ2n) is 3.79. The molecule has 76 valence electrons. The first-order chi connectivity index (χ1) is 6.25. The summed E-state index contributed by atoms with van der Waals surface area (Å²) in [6, 6.07) is 0.226. The molecule has 0 aromatic rings. The Bertz CT molecular complexity index is 170. The molecule has 2 atom stereocenters. The number of carbonyl (C=O) groups is 1. The molecule has 0 heterocycles. The van der Waals surface area contributed by atoms with Gasteiger partial charge in [0.2, 0.25) is 0 Å². The molecule has 0 aromatic heterocycles. The van der Waals surface area contributed by atoms with Crippen molar-refractivity contribution in [2.24, 2.45) is 5.92 Å². The fourth-order valence-corrected chi connectivity index (χ4v) is 1.96. The number of carboxylic acids is 1. The van der Waals surface area contributed by atoms with Gasteiger partial charge in [-0.3, -0.25) is 4.79 Å². The third-order valence-corrected chi connectivity index (χ3v) is 2.77. The second kappa shape index (κ2) is 5.22. The Hall–Kier alpha value is -0.570. The quantitative estimate of drug-likeness (QED) is 0.640. The zero-order valence-electron chi connectivity index (χ0n) is 8.25. The van der Waals surface area contributed by atoms with Gasteiger partial charge in [0.05, 0.1) is 5.92 Å². The Morgan fingerprint density at radius 2 is 2.31 bits per heavy atom. The topological polar surface area (TPSA) is 49.3 Å². The molecule has 0 unspecified atom stereocenters. The van der Waals surface area contributed by atoms with E-state index in [1.165, 1.54) is 0 Å². The van der Waals surface area contributed by atoms with E-state index in [4.69, 9.17) is 5.11 Å². The first kappa shape index (κ1) is 10.5. The van der Waals surface area contributed by atoms with Crippen molar-refractivity contribution < 1.29 is 9.90 Å². The summed E-state index contributed by atoms with van der Waals surface area (Å²) in [5.41, 5.74) is 0. The molecule has 0 radical (unpaired) electrons. The van der Waals surface area contributed by atoms with Crippen molar-refractivity contribution in [3.63, 3.8) is 0 Å². The number of hydrogen-bond acceptors (Lipinski definition) is 2. The average molecular weight is 185 g/mol. The largest absolute Gasteiger partial charge is 0.481 e. The third kappa shape index (κ3) is 2.99. The molecular formula is C10H19NO2. The van der Waals surface area contributed by atoms with Crippen LogP contribution in [0.1, 0.15) is 39.0 Å². The molecule has 0 saturated heterocycles. The Morgan fingerprint density at radius 3 is 2.92 bits per heavy atom. The van der Waals surface area contributed by atoms with Gasteiger partial charge in [0.15, 0.2) is 0 Å². The van der Waals surface area contributed by atoms with Crippen molar-refractivity contribution in [3.05, 3.63) is 0 Å². The molecule has 0 aromatic carbocycles. The van der Waals surface area contributed by atoms with E-state index in [1.807, 2.05) is 0 Å². The van der Waals surface area contributed by atoms with Crippen LogP contribution < -0.4 is 5.32 Å². The summed E-state index contributed by atoms with van der Waals surface area (Å²) in [6.45, 7) is 3.11. The van der Waals surface area contributed by atoms with E-state index in [9.17, 15) is 4.79 Å². The van der Waals surface area contributed by atoms with Gasteiger partial charge in [0.25, 0.3) is 0 Å². The SMILES string of the molecule is CCCCN[C@H]1CCC[C@H]1C(=O)O. The number of nitrogens with one attached hydrogen (secondary N) is 1. The highest BCUT2D eigenvalue weighted by molar-refractivity contribution is 5.71. The molecule has 2 N–H and O–H groups in total. The van der Waals surface area contributed by atoms with Gasteiger partial charge >= 0.3 is 5.97 Å². The number of unbranched alkanes of at least 4 members (excludes halogenated alkanes) is 1. The Kier molecular flexibility index (Phi) is 4.22. The summed E-state index contributed by atoms with van der Waals surface area (Å²) in [5, 5.41) is 12.2. The zero-order valence-corrected chi connectivity index (χ0v) is 8.25. The van der Waals surface area contributed by atoms with Crippen LogP contribution in [0.2, 0.25) is 0 Å². The van der Waals surface area contributed by atoms with Crippen molar-refractivity contribution in [1.82, 2.24) is 5.32 Å². The van der Waals surface area contributed by atoms with Crippen molar-refractivity contribution in [3.8, 4) is 0 Å². The number of hydrogen-bond donors (Lipinski definition) is 2. The second-order valence-corrected chi connectivity index (χ2v) is 3.79. The minimum Gasteiger partial charge on any atom is -0.481 e. The number of carboxylic acid groups (broad SMARTS) is 1. The standard InChI is InChI=1S/C10H19NO2/c1-2-3-7-11-9-6-4-5-8(9)10(12)13/h8-9,11H,2-7H2,1H3,(H,12,13)/t8-,9+/m1/s1. The lowest BCUT2D eigenvalue weighted by Crippen LogP contribution is -2.36. The maximum atomic E-state index is 10.8. The van der Waals surface area contributed by atoms with Gasteiger partial charge in [0.1, 0.15) is 0 Å². The van der Waals surface area contributed by atoms with Crippen LogP contribution in [-0.4, -0.2) is 23.7 Å². The highest BCUT2D eigenvalue weighted by atomic mass is 16.4. The van der Waals surface area contributed by atoms with Crippen LogP contribution in [-0.2, 0) is 4.79 Å². The first-order valence-electron chi connectivity index (χ1n) is 5.22. The van der Waals surface area contributed by atoms with Gasteiger partial charge in [-0.1, -0.05) is 19.8 Å². The minimum absolute atomic E-state index is 0.142. The molecule has 3 nitrogen and oxygen atoms in total. The van der Waals surface area contributed by atoms with E-state index in [-0.39, 0.29) is 12.0 Å². The van der Waals surface area contributed by atoms with Crippen LogP contribution in [0.15, 0.2) is 0 Å². The predicted molar refractivity (Wildman–Crippen MR) is 51.7 cm³/mol. The van der Waals surface area contributed by atoms with Gasteiger partial charge in [-0.05, 0) is 25.8 Å². The van der Waals surface area contributed by atoms with E-state index >= 15 is 0 Å². The van der Waals surface area contributed by atoms with Gasteiger partial charge in [-0.25, -0.2) is 0 Å². The Labute approximate surface area is 79.5 Å². The highest BCUT2D eigenvalue weighted by Gasteiger charge is 2.31. The lowest BCUT2D eigenvalue weighted by molar-refractivity contribution is -0.142. The van der Waals surface area contributed by atoms with Crippen LogP contribution in [0.3, 0.4) is 0 Å². The lowest BCUT2D eigenvalue weighted by Gasteiger charge is -2.16. The van der Waals surface area contributed by atoms with E-state index in [2.05, 4.69) is 12.2 Å². The maximum absolute atomic E-state index is 10.8. The predicted octanol–water partition coefficient (Wildman–Crippen LogP) is 1.63. The molecule has 1 rings (SSSR count). The Balaban J connectivity index is 2.27. The minimum atomic E-state index is -0.633. The molecule has 0 amide bonds. The maximum Gasteiger partial charge on any atom is 0.308 e. The summed E-state index contributed by atoms with van der Waals surface area (Å²) in [7, 11) is 0. The fraction of sp³-hybridized carbons (Fsp3) is 0.900. The van der Waals surface area contributed by atoms with Crippen molar-refractivity contribution in [2.45, 2.75) is 45.1 Å². The molecule has 1 aliphatic rings. The summed E-state index contributed by atoms with van der Waals surface area (Å²) in [4.78, 5) is 10.8. The molecule has 3 heteroatoms. The smallest absolute Gasteiger partial charge is 0.308 e. The van der Waals surface area contributed by atoms with Crippen LogP contribution >= 0.6 is 0 Å². The molecular weight excluding hydrogens is 166 g/mol. The average Bonchev–Trinajstić information content (AvgIpc) is 2.53. The number of rotatable bonds is 5. The van der Waals surface area contributed by atoms with Crippen molar-refractivity contribution in [1.29, 1.82) is 0 Å². The van der Waals surface area contributed by atoms with Crippen LogP contribution in [0, 0.1) is 5.92 Å². The van der Waals surface area contributed by atoms with Gasteiger partial charge in [0, 0.05) is 6.04 Å². The van der Waals surface area contributed by atoms with E-state index in [0.29, 0.717) is 0 Å². The molecule has 1 fully saturated rings. The van der Waals surface area contributed by atoms with E-state index in [0.717, 1.165) is 38.6 Å². The molecule has 1 saturated carbocycles. The fourth-order valence-electron chi connectivity index (χ4n) is 1.96. The van der Waals surface area contributed by atoms with Gasteiger partial charge in [-0.15, -0.1) is 0 Å². The van der Waals surface area contributed by atoms with E-state index in [1.54, 1.807) is 0 Å². The number of aliphatic carboxylic acids is 1. The zero-order chi connectivity index (χ0) is 9.68. The third-order valence-electron chi connectivity index (χ3n) is 2.77. The van der Waals surface area contributed by atoms with Crippen molar-refractivity contribution in [2.75, 3.05) is 6.54 Å². The molecule has 0 spiro atoms. The summed E-state index contributed by atoms with van der Waals surface area (Å²) < 4.78 is 0. The van der Waals surface area contributed by atoms with Crippen LogP contribution in [0.4, 0.5) is 0 Å². The summed E-state index contributed by atoms with van der Waals surface area (Å²) in [6.07, 6.45) is 5.24. The molecule has 0 aliphatic heterocycles. The van der Waals surface area contributed by atoms with Gasteiger partial charge in [-0.2, -0.15) is 0 Å². The normalized spacial score (nSPS) is 27.8. The lowest BCUT2D eigenvalue weighted by atomic mass is 10.0. The van der Waals surface area contributed by atoms with Gasteiger partial charge < -0.3 is 10.4 Å². The Morgan fingerprint density at radius 1 is 1.54 bits per heavy atom. The first-order valence-corrected chi connectivity index (χ1v) is 5.22.